The minimum absolute atomic E-state index is 0.0701. The molecule has 6 heteroatoms. The number of nitrogens with two attached hydrogens (primary N) is 1. The van der Waals surface area contributed by atoms with Gasteiger partial charge in [0.05, 0.1) is 13.2 Å². The van der Waals surface area contributed by atoms with Crippen LogP contribution in [0.2, 0.25) is 0 Å². The Morgan fingerprint density at radius 1 is 1.64 bits per heavy atom. The molecule has 0 fully saturated rings. The van der Waals surface area contributed by atoms with Gasteiger partial charge in [-0.3, -0.25) is 9.59 Å². The zero-order valence-corrected chi connectivity index (χ0v) is 7.77. The van der Waals surface area contributed by atoms with Gasteiger partial charge in [-0.05, 0) is 6.07 Å². The summed E-state index contributed by atoms with van der Waals surface area (Å²) in [4.78, 5) is 21.9. The summed E-state index contributed by atoms with van der Waals surface area (Å²) >= 11 is 0. The van der Waals surface area contributed by atoms with Gasteiger partial charge in [-0.15, -0.1) is 0 Å². The monoisotopic (exact) mass is 197 g/mol. The Morgan fingerprint density at radius 2 is 2.36 bits per heavy atom. The van der Waals surface area contributed by atoms with Gasteiger partial charge in [0, 0.05) is 13.2 Å². The Bertz CT molecular complexity index is 386. The van der Waals surface area contributed by atoms with Crippen LogP contribution in [-0.4, -0.2) is 29.4 Å². The van der Waals surface area contributed by atoms with E-state index in [0.29, 0.717) is 13.2 Å². The maximum atomic E-state index is 11.2. The van der Waals surface area contributed by atoms with E-state index in [1.165, 1.54) is 19.2 Å². The van der Waals surface area contributed by atoms with E-state index in [9.17, 15) is 9.59 Å². The molecule has 14 heavy (non-hydrogen) atoms. The molecule has 1 heterocycles. The molecule has 0 radical (unpaired) electrons. The van der Waals surface area contributed by atoms with Gasteiger partial charge in [0.2, 0.25) is 0 Å². The van der Waals surface area contributed by atoms with Gasteiger partial charge >= 0.3 is 0 Å². The number of aromatic nitrogens is 2. The maximum absolute atomic E-state index is 11.2. The summed E-state index contributed by atoms with van der Waals surface area (Å²) in [5, 5.41) is 3.76. The molecule has 2 N–H and O–H groups in total. The van der Waals surface area contributed by atoms with E-state index in [1.54, 1.807) is 0 Å². The second-order valence-corrected chi connectivity index (χ2v) is 2.64. The molecule has 0 atom stereocenters. The Labute approximate surface area is 80.3 Å². The number of hydrogen-bond donors (Lipinski definition) is 1. The molecule has 1 rings (SSSR count). The van der Waals surface area contributed by atoms with Crippen LogP contribution in [0.15, 0.2) is 16.9 Å². The van der Waals surface area contributed by atoms with Crippen LogP contribution < -0.4 is 11.3 Å². The smallest absolute Gasteiger partial charge is 0.269 e. The van der Waals surface area contributed by atoms with Crippen LogP contribution in [0, 0.1) is 0 Å². The Balaban J connectivity index is 2.96. The second kappa shape index (κ2) is 4.52. The van der Waals surface area contributed by atoms with E-state index in [-0.39, 0.29) is 11.3 Å². The van der Waals surface area contributed by atoms with Crippen molar-refractivity contribution in [1.82, 2.24) is 9.78 Å². The van der Waals surface area contributed by atoms with E-state index in [1.807, 2.05) is 0 Å². The molecule has 1 amide bonds. The zero-order valence-electron chi connectivity index (χ0n) is 7.77. The number of primary amides is 1. The van der Waals surface area contributed by atoms with Crippen LogP contribution in [-0.2, 0) is 11.3 Å². The summed E-state index contributed by atoms with van der Waals surface area (Å²) in [5.74, 6) is -0.656. The minimum Gasteiger partial charge on any atom is -0.383 e. The fourth-order valence-electron chi connectivity index (χ4n) is 0.918. The van der Waals surface area contributed by atoms with Gasteiger partial charge in [-0.1, -0.05) is 0 Å². The SMILES string of the molecule is COCCn1nc(C(N)=O)ccc1=O. The molecule has 0 saturated heterocycles. The Kier molecular flexibility index (Phi) is 3.35. The molecule has 76 valence electrons. The molecule has 0 aliphatic carbocycles. The van der Waals surface area contributed by atoms with Crippen LogP contribution in [0.4, 0.5) is 0 Å². The molecule has 1 aromatic heterocycles. The van der Waals surface area contributed by atoms with Gasteiger partial charge in [0.15, 0.2) is 0 Å². The van der Waals surface area contributed by atoms with Gasteiger partial charge in [0.25, 0.3) is 11.5 Å². The number of rotatable bonds is 4. The maximum Gasteiger partial charge on any atom is 0.269 e. The highest BCUT2D eigenvalue weighted by Crippen LogP contribution is 1.88. The van der Waals surface area contributed by atoms with E-state index < -0.39 is 5.91 Å². The highest BCUT2D eigenvalue weighted by molar-refractivity contribution is 5.90. The van der Waals surface area contributed by atoms with Crippen LogP contribution in [0.1, 0.15) is 10.5 Å². The molecule has 0 unspecified atom stereocenters. The first-order chi connectivity index (χ1) is 6.65. The third-order valence-corrected chi connectivity index (χ3v) is 1.63. The largest absolute Gasteiger partial charge is 0.383 e. The van der Waals surface area contributed by atoms with Crippen molar-refractivity contribution in [3.63, 3.8) is 0 Å². The molecule has 0 aliphatic rings. The Hall–Kier alpha value is -1.69. The summed E-state index contributed by atoms with van der Waals surface area (Å²) in [6, 6.07) is 2.55. The van der Waals surface area contributed by atoms with E-state index in [4.69, 9.17) is 10.5 Å². The second-order valence-electron chi connectivity index (χ2n) is 2.64. The van der Waals surface area contributed by atoms with Crippen molar-refractivity contribution in [2.45, 2.75) is 6.54 Å². The number of amides is 1. The van der Waals surface area contributed by atoms with Gasteiger partial charge in [0.1, 0.15) is 5.69 Å². The van der Waals surface area contributed by atoms with E-state index >= 15 is 0 Å². The molecule has 0 bridgehead atoms. The van der Waals surface area contributed by atoms with Crippen molar-refractivity contribution in [3.05, 3.63) is 28.2 Å². The zero-order chi connectivity index (χ0) is 10.6. The fourth-order valence-corrected chi connectivity index (χ4v) is 0.918. The first-order valence-electron chi connectivity index (χ1n) is 4.02. The van der Waals surface area contributed by atoms with Crippen LogP contribution in [0.5, 0.6) is 0 Å². The predicted molar refractivity (Wildman–Crippen MR) is 48.9 cm³/mol. The van der Waals surface area contributed by atoms with Crippen molar-refractivity contribution in [2.24, 2.45) is 5.73 Å². The first-order valence-corrected chi connectivity index (χ1v) is 4.02. The van der Waals surface area contributed by atoms with Crippen molar-refractivity contribution < 1.29 is 9.53 Å². The average Bonchev–Trinajstić information content (AvgIpc) is 2.16. The summed E-state index contributed by atoms with van der Waals surface area (Å²) in [7, 11) is 1.52. The number of nitrogens with zero attached hydrogens (tertiary/aromatic N) is 2. The standard InChI is InChI=1S/C8H11N3O3/c1-14-5-4-11-7(12)3-2-6(10-11)8(9)13/h2-3H,4-5H2,1H3,(H2,9,13). The lowest BCUT2D eigenvalue weighted by Crippen LogP contribution is -2.27. The van der Waals surface area contributed by atoms with Crippen LogP contribution in [0.3, 0.4) is 0 Å². The highest BCUT2D eigenvalue weighted by Gasteiger charge is 2.04. The van der Waals surface area contributed by atoms with Crippen LogP contribution >= 0.6 is 0 Å². The lowest BCUT2D eigenvalue weighted by Gasteiger charge is -2.03. The molecule has 1 aromatic rings. The number of ether oxygens (including phenoxy) is 1. The van der Waals surface area contributed by atoms with E-state index in [2.05, 4.69) is 5.10 Å². The van der Waals surface area contributed by atoms with E-state index in [0.717, 1.165) is 4.68 Å². The number of carbonyl (C=O) groups is 1. The summed E-state index contributed by atoms with van der Waals surface area (Å²) in [6.07, 6.45) is 0. The summed E-state index contributed by atoms with van der Waals surface area (Å²) in [5.41, 5.74) is 4.80. The molecule has 0 aromatic carbocycles. The van der Waals surface area contributed by atoms with Crippen molar-refractivity contribution >= 4 is 5.91 Å². The quantitative estimate of drug-likeness (QED) is 0.669. The molecular formula is C8H11N3O3. The number of methoxy groups -OCH3 is 1. The van der Waals surface area contributed by atoms with Crippen LogP contribution in [0.25, 0.3) is 0 Å². The highest BCUT2D eigenvalue weighted by atomic mass is 16.5. The fraction of sp³-hybridized carbons (Fsp3) is 0.375. The topological polar surface area (TPSA) is 87.2 Å². The molecule has 6 nitrogen and oxygen atoms in total. The summed E-state index contributed by atoms with van der Waals surface area (Å²) in [6.45, 7) is 0.658. The third kappa shape index (κ3) is 2.40. The lowest BCUT2D eigenvalue weighted by molar-refractivity contribution is 0.0992. The lowest BCUT2D eigenvalue weighted by atomic mass is 10.4. The molecular weight excluding hydrogens is 186 g/mol. The van der Waals surface area contributed by atoms with Crippen molar-refractivity contribution in [1.29, 1.82) is 0 Å². The average molecular weight is 197 g/mol. The normalized spacial score (nSPS) is 10.1. The van der Waals surface area contributed by atoms with Gasteiger partial charge < -0.3 is 10.5 Å². The molecule has 0 aliphatic heterocycles. The molecule has 0 saturated carbocycles. The number of hydrogen-bond acceptors (Lipinski definition) is 4. The predicted octanol–water partition coefficient (Wildman–Crippen LogP) is -1.01. The van der Waals surface area contributed by atoms with Gasteiger partial charge in [-0.2, -0.15) is 5.10 Å². The minimum atomic E-state index is -0.656. The number of carbonyl (C=O) groups excluding carboxylic acids is 1. The first kappa shape index (κ1) is 10.4. The Morgan fingerprint density at radius 3 is 2.93 bits per heavy atom. The molecule has 0 spiro atoms. The van der Waals surface area contributed by atoms with Gasteiger partial charge in [-0.25, -0.2) is 4.68 Å². The van der Waals surface area contributed by atoms with Crippen molar-refractivity contribution in [2.75, 3.05) is 13.7 Å². The third-order valence-electron chi connectivity index (χ3n) is 1.63. The summed E-state index contributed by atoms with van der Waals surface area (Å²) < 4.78 is 5.93. The van der Waals surface area contributed by atoms with Crippen molar-refractivity contribution in [3.8, 4) is 0 Å².